The number of hydrogen-bond donors (Lipinski definition) is 2. The molecule has 0 atom stereocenters. The summed E-state index contributed by atoms with van der Waals surface area (Å²) in [7, 11) is 1.70. The number of nitrogen functional groups attached to an aromatic ring is 1. The Morgan fingerprint density at radius 1 is 1.00 bits per heavy atom. The lowest BCUT2D eigenvalue weighted by molar-refractivity contribution is -0.122. The number of pyridine rings is 1. The summed E-state index contributed by atoms with van der Waals surface area (Å²) in [6.45, 7) is 1.53. The molecule has 3 aromatic rings. The summed E-state index contributed by atoms with van der Waals surface area (Å²) in [4.78, 5) is 4.27. The molecule has 0 aliphatic carbocycles. The van der Waals surface area contributed by atoms with E-state index in [1.807, 2.05) is 0 Å². The van der Waals surface area contributed by atoms with Crippen molar-refractivity contribution < 1.29 is 17.6 Å². The molecule has 0 unspecified atom stereocenters. The van der Waals surface area contributed by atoms with Gasteiger partial charge < -0.3 is 11.1 Å². The Hall–Kier alpha value is -3.61. The highest BCUT2D eigenvalue weighted by Crippen LogP contribution is 2.40. The smallest absolute Gasteiger partial charge is 0.393 e. The zero-order valence-electron chi connectivity index (χ0n) is 17.7. The number of hydrogen-bond acceptors (Lipinski definition) is 3. The molecule has 2 aromatic carbocycles. The molecule has 3 N–H and O–H groups in total. The van der Waals surface area contributed by atoms with Gasteiger partial charge in [0.15, 0.2) is 0 Å². The number of rotatable bonds is 6. The Bertz CT molecular complexity index is 1130. The third-order valence-electron chi connectivity index (χ3n) is 4.96. The van der Waals surface area contributed by atoms with Crippen LogP contribution in [0, 0.1) is 0 Å². The van der Waals surface area contributed by atoms with E-state index in [9.17, 15) is 17.6 Å². The predicted octanol–water partition coefficient (Wildman–Crippen LogP) is 6.95. The molecule has 1 aromatic heterocycles. The first-order chi connectivity index (χ1) is 15.2. The number of nitrogens with one attached hydrogen (secondary N) is 1. The van der Waals surface area contributed by atoms with Gasteiger partial charge in [-0.2, -0.15) is 13.2 Å². The lowest BCUT2D eigenvalue weighted by atomic mass is 9.87. The minimum atomic E-state index is -4.46. The highest BCUT2D eigenvalue weighted by Gasteiger charge is 2.31. The normalized spacial score (nSPS) is 13.0. The Balaban J connectivity index is 2.37. The van der Waals surface area contributed by atoms with Crippen molar-refractivity contribution >= 4 is 28.5 Å². The summed E-state index contributed by atoms with van der Waals surface area (Å²) in [6.07, 6.45) is -2.86. The van der Waals surface area contributed by atoms with E-state index in [0.717, 1.165) is 0 Å². The molecule has 1 heterocycles. The number of allylic oxidation sites excluding steroid dienone is 2. The maximum absolute atomic E-state index is 14.4. The van der Waals surface area contributed by atoms with Gasteiger partial charge in [0.2, 0.25) is 0 Å². The van der Waals surface area contributed by atoms with Crippen molar-refractivity contribution in [2.45, 2.75) is 19.5 Å². The van der Waals surface area contributed by atoms with Crippen molar-refractivity contribution in [2.75, 3.05) is 18.1 Å². The summed E-state index contributed by atoms with van der Waals surface area (Å²) in [5, 5.41) is 2.89. The second-order valence-electron chi connectivity index (χ2n) is 7.13. The second kappa shape index (κ2) is 9.68. The monoisotopic (exact) mass is 441 g/mol. The largest absolute Gasteiger partial charge is 0.398 e. The van der Waals surface area contributed by atoms with Crippen LogP contribution in [0.1, 0.15) is 35.6 Å². The summed E-state index contributed by atoms with van der Waals surface area (Å²) < 4.78 is 55.5. The third-order valence-corrected chi connectivity index (χ3v) is 4.96. The third kappa shape index (κ3) is 5.35. The number of benzene rings is 2. The molecular formula is C25H23F4N3. The lowest BCUT2D eigenvalue weighted by Gasteiger charge is -2.19. The summed E-state index contributed by atoms with van der Waals surface area (Å²) >= 11 is 0. The number of nitrogens with two attached hydrogens (primary N) is 1. The first-order valence-corrected chi connectivity index (χ1v) is 9.95. The van der Waals surface area contributed by atoms with Crippen LogP contribution in [0.4, 0.5) is 29.1 Å². The van der Waals surface area contributed by atoms with E-state index in [-0.39, 0.29) is 16.8 Å². The molecule has 0 fully saturated rings. The van der Waals surface area contributed by atoms with Crippen LogP contribution in [0.25, 0.3) is 17.0 Å². The Morgan fingerprint density at radius 3 is 2.25 bits per heavy atom. The van der Waals surface area contributed by atoms with E-state index in [2.05, 4.69) is 10.3 Å². The predicted molar refractivity (Wildman–Crippen MR) is 122 cm³/mol. The van der Waals surface area contributed by atoms with Crippen LogP contribution < -0.4 is 11.1 Å². The van der Waals surface area contributed by atoms with E-state index in [1.165, 1.54) is 31.3 Å². The topological polar surface area (TPSA) is 50.9 Å². The highest BCUT2D eigenvalue weighted by molar-refractivity contribution is 5.99. The molecule has 0 saturated heterocycles. The van der Waals surface area contributed by atoms with Crippen molar-refractivity contribution in [3.63, 3.8) is 0 Å². The van der Waals surface area contributed by atoms with Crippen LogP contribution in [-0.4, -0.2) is 18.2 Å². The second-order valence-corrected chi connectivity index (χ2v) is 7.13. The Labute approximate surface area is 184 Å². The molecule has 7 heteroatoms. The zero-order valence-corrected chi connectivity index (χ0v) is 17.7. The van der Waals surface area contributed by atoms with Gasteiger partial charge in [0, 0.05) is 30.1 Å². The van der Waals surface area contributed by atoms with Gasteiger partial charge in [-0.1, -0.05) is 42.5 Å². The number of aromatic nitrogens is 1. The molecule has 166 valence electrons. The zero-order chi connectivity index (χ0) is 23.3. The molecule has 32 heavy (non-hydrogen) atoms. The first-order valence-electron chi connectivity index (χ1n) is 9.95. The molecule has 0 spiro atoms. The molecule has 0 aliphatic heterocycles. The van der Waals surface area contributed by atoms with Crippen LogP contribution in [0.2, 0.25) is 0 Å². The number of alkyl halides is 3. The van der Waals surface area contributed by atoms with Gasteiger partial charge in [-0.05, 0) is 53.5 Å². The standard InChI is InChI=1S/C25H23F4N3/c1-3-21(26)19-13-17(9-11-22(19)30)24(18-10-12-23(31-2)32-15-18)20(14-25(27,28)29)16-7-5-4-6-8-16/h3-13,15H,14,30H2,1-2H3,(H,31,32)/b21-3-,24-20-. The van der Waals surface area contributed by atoms with E-state index in [1.54, 1.807) is 55.6 Å². The van der Waals surface area contributed by atoms with E-state index in [4.69, 9.17) is 5.73 Å². The molecule has 0 aliphatic rings. The van der Waals surface area contributed by atoms with Crippen LogP contribution >= 0.6 is 0 Å². The van der Waals surface area contributed by atoms with E-state index >= 15 is 0 Å². The van der Waals surface area contributed by atoms with Gasteiger partial charge in [0.25, 0.3) is 0 Å². The van der Waals surface area contributed by atoms with Crippen LogP contribution in [0.5, 0.6) is 0 Å². The number of halogens is 4. The Morgan fingerprint density at radius 2 is 1.69 bits per heavy atom. The van der Waals surface area contributed by atoms with Crippen LogP contribution in [-0.2, 0) is 0 Å². The minimum absolute atomic E-state index is 0.0636. The van der Waals surface area contributed by atoms with Crippen molar-refractivity contribution in [3.05, 3.63) is 95.2 Å². The molecule has 0 bridgehead atoms. The first kappa shape index (κ1) is 23.1. The molecule has 0 saturated carbocycles. The van der Waals surface area contributed by atoms with Crippen LogP contribution in [0.3, 0.4) is 0 Å². The van der Waals surface area contributed by atoms with E-state index < -0.39 is 18.4 Å². The average molecular weight is 441 g/mol. The van der Waals surface area contributed by atoms with Gasteiger partial charge in [0.1, 0.15) is 11.6 Å². The summed E-state index contributed by atoms with van der Waals surface area (Å²) in [6, 6.07) is 16.3. The van der Waals surface area contributed by atoms with Gasteiger partial charge in [-0.15, -0.1) is 0 Å². The lowest BCUT2D eigenvalue weighted by Crippen LogP contribution is -2.10. The fraction of sp³-hybridized carbons (Fsp3) is 0.160. The van der Waals surface area contributed by atoms with E-state index in [0.29, 0.717) is 28.1 Å². The van der Waals surface area contributed by atoms with Gasteiger partial charge in [-0.25, -0.2) is 9.37 Å². The van der Waals surface area contributed by atoms with Gasteiger partial charge in [-0.3, -0.25) is 0 Å². The average Bonchev–Trinajstić information content (AvgIpc) is 2.79. The summed E-state index contributed by atoms with van der Waals surface area (Å²) in [5.41, 5.74) is 7.94. The molecule has 3 nitrogen and oxygen atoms in total. The van der Waals surface area contributed by atoms with Gasteiger partial charge >= 0.3 is 6.18 Å². The Kier molecular flexibility index (Phi) is 6.98. The van der Waals surface area contributed by atoms with Crippen molar-refractivity contribution in [1.29, 1.82) is 0 Å². The van der Waals surface area contributed by atoms with Crippen molar-refractivity contribution in [3.8, 4) is 0 Å². The fourth-order valence-corrected chi connectivity index (χ4v) is 3.45. The van der Waals surface area contributed by atoms with Gasteiger partial charge in [0.05, 0.1) is 6.42 Å². The molecule has 0 amide bonds. The molecular weight excluding hydrogens is 418 g/mol. The van der Waals surface area contributed by atoms with Crippen molar-refractivity contribution in [1.82, 2.24) is 4.98 Å². The SMILES string of the molecule is C/C=C(\F)c1cc(/C(=C(\CC(F)(F)F)c2ccccc2)c2ccc(NC)nc2)ccc1N. The molecule has 3 rings (SSSR count). The molecule has 0 radical (unpaired) electrons. The fourth-order valence-electron chi connectivity index (χ4n) is 3.45. The number of nitrogens with zero attached hydrogens (tertiary/aromatic N) is 1. The van der Waals surface area contributed by atoms with Crippen molar-refractivity contribution in [2.24, 2.45) is 0 Å². The maximum atomic E-state index is 14.4. The summed E-state index contributed by atoms with van der Waals surface area (Å²) in [5.74, 6) is 0.0209. The minimum Gasteiger partial charge on any atom is -0.398 e. The van der Waals surface area contributed by atoms with Crippen LogP contribution in [0.15, 0.2) is 72.9 Å². The number of anilines is 2. The maximum Gasteiger partial charge on any atom is 0.393 e. The quantitative estimate of drug-likeness (QED) is 0.247. The highest BCUT2D eigenvalue weighted by atomic mass is 19.4.